The molecule has 0 spiro atoms. The number of ketones is 1. The summed E-state index contributed by atoms with van der Waals surface area (Å²) in [6, 6.07) is 35.6. The number of aryl methyl sites for hydroxylation is 1. The van der Waals surface area contributed by atoms with Crippen molar-refractivity contribution in [2.75, 3.05) is 0 Å². The Morgan fingerprint density at radius 2 is 1.29 bits per heavy atom. The molecule has 6 heteroatoms. The van der Waals surface area contributed by atoms with Crippen molar-refractivity contribution in [2.24, 2.45) is 11.7 Å². The third-order valence-corrected chi connectivity index (χ3v) is 7.25. The van der Waals surface area contributed by atoms with Crippen LogP contribution in [0.5, 0.6) is 0 Å². The Morgan fingerprint density at radius 1 is 0.732 bits per heavy atom. The van der Waals surface area contributed by atoms with Crippen LogP contribution in [0.1, 0.15) is 42.0 Å². The normalized spacial score (nSPS) is 12.3. The number of nitrogen functional groups attached to an aromatic ring is 1. The Kier molecular flexibility index (Phi) is 10.6. The molecule has 0 unspecified atom stereocenters. The van der Waals surface area contributed by atoms with E-state index in [1.807, 2.05) is 48.5 Å². The van der Waals surface area contributed by atoms with Crippen LogP contribution in [0.2, 0.25) is 0 Å². The maximum atomic E-state index is 13.4. The lowest BCUT2D eigenvalue weighted by molar-refractivity contribution is -0.129. The summed E-state index contributed by atoms with van der Waals surface area (Å²) in [5, 5.41) is 13.9. The first kappa shape index (κ1) is 29.4. The van der Waals surface area contributed by atoms with Crippen molar-refractivity contribution < 1.29 is 9.59 Å². The van der Waals surface area contributed by atoms with Gasteiger partial charge in [-0.3, -0.25) is 15.0 Å². The molecule has 4 aromatic carbocycles. The minimum absolute atomic E-state index is 0.00680. The van der Waals surface area contributed by atoms with Gasteiger partial charge in [0.05, 0.1) is 6.04 Å². The van der Waals surface area contributed by atoms with Gasteiger partial charge in [0.25, 0.3) is 0 Å². The number of nitrogens with two attached hydrogens (primary N) is 1. The van der Waals surface area contributed by atoms with Gasteiger partial charge in [-0.25, -0.2) is 0 Å². The smallest absolute Gasteiger partial charge is 0.223 e. The fourth-order valence-electron chi connectivity index (χ4n) is 4.72. The zero-order valence-corrected chi connectivity index (χ0v) is 23.5. The van der Waals surface area contributed by atoms with E-state index in [9.17, 15) is 9.59 Å². The monoisotopic (exact) mass is 546 g/mol. The third-order valence-electron chi connectivity index (χ3n) is 7.25. The molecule has 4 aromatic rings. The standard InChI is InChI=1S/C35H38N4O2/c1-25(35(41)39-24-28-14-19-31(20-15-28)34(36)37)22-33(40)32(21-16-26-8-4-2-5-9-26)38-23-27-12-17-30(18-13-27)29-10-6-3-7-11-29/h2-15,17-20,25,32,38H,16,21-24H2,1H3,(H3,36,37)(H,39,41)/t25-,32-/m1/s1. The molecule has 0 aliphatic rings. The Balaban J connectivity index is 1.34. The summed E-state index contributed by atoms with van der Waals surface area (Å²) in [5.41, 5.74) is 11.7. The number of Topliss-reactive ketones (excluding diaryl/α,β-unsaturated/α-hetero) is 1. The van der Waals surface area contributed by atoms with Crippen LogP contribution in [0, 0.1) is 11.3 Å². The highest BCUT2D eigenvalue weighted by Gasteiger charge is 2.23. The van der Waals surface area contributed by atoms with Crippen LogP contribution in [0.15, 0.2) is 109 Å². The van der Waals surface area contributed by atoms with Gasteiger partial charge in [0, 0.05) is 31.0 Å². The molecule has 1 amide bonds. The molecule has 0 fully saturated rings. The molecule has 4 rings (SSSR count). The molecule has 0 aliphatic heterocycles. The highest BCUT2D eigenvalue weighted by atomic mass is 16.2. The molecule has 6 nitrogen and oxygen atoms in total. The van der Waals surface area contributed by atoms with Gasteiger partial charge in [0.15, 0.2) is 5.78 Å². The molecule has 0 radical (unpaired) electrons. The van der Waals surface area contributed by atoms with Gasteiger partial charge >= 0.3 is 0 Å². The van der Waals surface area contributed by atoms with Gasteiger partial charge in [-0.05, 0) is 40.7 Å². The molecule has 0 saturated carbocycles. The van der Waals surface area contributed by atoms with Gasteiger partial charge in [-0.1, -0.05) is 116 Å². The van der Waals surface area contributed by atoms with E-state index in [0.29, 0.717) is 25.1 Å². The number of hydrogen-bond donors (Lipinski definition) is 4. The van der Waals surface area contributed by atoms with E-state index in [4.69, 9.17) is 11.1 Å². The fourth-order valence-corrected chi connectivity index (χ4v) is 4.72. The van der Waals surface area contributed by atoms with E-state index in [2.05, 4.69) is 59.2 Å². The summed E-state index contributed by atoms with van der Waals surface area (Å²) < 4.78 is 0. The predicted octanol–water partition coefficient (Wildman–Crippen LogP) is 5.64. The fraction of sp³-hybridized carbons (Fsp3) is 0.229. The van der Waals surface area contributed by atoms with Crippen molar-refractivity contribution in [3.63, 3.8) is 0 Å². The first-order valence-electron chi connectivity index (χ1n) is 14.0. The van der Waals surface area contributed by atoms with Crippen LogP contribution in [-0.4, -0.2) is 23.6 Å². The average molecular weight is 547 g/mol. The minimum Gasteiger partial charge on any atom is -0.384 e. The second-order valence-corrected chi connectivity index (χ2v) is 10.4. The summed E-state index contributed by atoms with van der Waals surface area (Å²) in [6.07, 6.45) is 1.59. The number of nitrogens with one attached hydrogen (secondary N) is 3. The number of benzene rings is 4. The molecule has 0 bridgehead atoms. The lowest BCUT2D eigenvalue weighted by Gasteiger charge is -2.20. The van der Waals surface area contributed by atoms with Crippen molar-refractivity contribution in [2.45, 2.75) is 45.3 Å². The van der Waals surface area contributed by atoms with E-state index >= 15 is 0 Å². The highest BCUT2D eigenvalue weighted by molar-refractivity contribution is 5.95. The number of amides is 1. The Hall–Kier alpha value is -4.55. The number of rotatable bonds is 14. The van der Waals surface area contributed by atoms with E-state index in [-0.39, 0.29) is 30.0 Å². The molecule has 0 aromatic heterocycles. The van der Waals surface area contributed by atoms with Gasteiger partial charge in [0.2, 0.25) is 5.91 Å². The molecule has 0 saturated heterocycles. The third kappa shape index (κ3) is 8.98. The molecule has 2 atom stereocenters. The Labute approximate surface area is 242 Å². The molecule has 41 heavy (non-hydrogen) atoms. The molecule has 0 heterocycles. The van der Waals surface area contributed by atoms with Crippen LogP contribution in [0.3, 0.4) is 0 Å². The number of hydrogen-bond acceptors (Lipinski definition) is 4. The molecule has 5 N–H and O–H groups in total. The summed E-state index contributed by atoms with van der Waals surface area (Å²) in [4.78, 5) is 26.3. The van der Waals surface area contributed by atoms with Gasteiger partial charge in [-0.15, -0.1) is 0 Å². The summed E-state index contributed by atoms with van der Waals surface area (Å²) >= 11 is 0. The van der Waals surface area contributed by atoms with Crippen molar-refractivity contribution in [1.82, 2.24) is 10.6 Å². The zero-order valence-electron chi connectivity index (χ0n) is 23.5. The lowest BCUT2D eigenvalue weighted by Crippen LogP contribution is -2.39. The molecule has 210 valence electrons. The Morgan fingerprint density at radius 3 is 1.93 bits per heavy atom. The van der Waals surface area contributed by atoms with Crippen LogP contribution in [0.4, 0.5) is 0 Å². The number of carbonyl (C=O) groups is 2. The van der Waals surface area contributed by atoms with Crippen LogP contribution in [0.25, 0.3) is 11.1 Å². The summed E-state index contributed by atoms with van der Waals surface area (Å²) in [5.74, 6) is -0.569. The SMILES string of the molecule is C[C@H](CC(=O)[C@@H](CCc1ccccc1)NCc1ccc(-c2ccccc2)cc1)C(=O)NCc1ccc(C(=N)N)cc1. The second kappa shape index (κ2) is 14.7. The highest BCUT2D eigenvalue weighted by Crippen LogP contribution is 2.19. The van der Waals surface area contributed by atoms with E-state index in [1.165, 1.54) is 11.1 Å². The largest absolute Gasteiger partial charge is 0.384 e. The van der Waals surface area contributed by atoms with Crippen molar-refractivity contribution in [1.29, 1.82) is 5.41 Å². The molecule has 0 aliphatic carbocycles. The van der Waals surface area contributed by atoms with E-state index in [1.54, 1.807) is 19.1 Å². The van der Waals surface area contributed by atoms with Crippen molar-refractivity contribution in [3.8, 4) is 11.1 Å². The minimum atomic E-state index is -0.454. The van der Waals surface area contributed by atoms with Crippen LogP contribution >= 0.6 is 0 Å². The summed E-state index contributed by atoms with van der Waals surface area (Å²) in [6.45, 7) is 2.71. The van der Waals surface area contributed by atoms with Gasteiger partial charge in [-0.2, -0.15) is 0 Å². The maximum absolute atomic E-state index is 13.4. The first-order valence-corrected chi connectivity index (χ1v) is 14.0. The van der Waals surface area contributed by atoms with Gasteiger partial charge in [0.1, 0.15) is 5.84 Å². The quantitative estimate of drug-likeness (QED) is 0.121. The Bertz CT molecular complexity index is 1420. The van der Waals surface area contributed by atoms with E-state index < -0.39 is 5.92 Å². The molecular weight excluding hydrogens is 508 g/mol. The lowest BCUT2D eigenvalue weighted by atomic mass is 9.95. The maximum Gasteiger partial charge on any atom is 0.223 e. The first-order chi connectivity index (χ1) is 19.9. The van der Waals surface area contributed by atoms with Crippen LogP contribution in [-0.2, 0) is 29.1 Å². The zero-order chi connectivity index (χ0) is 29.0. The predicted molar refractivity (Wildman–Crippen MR) is 165 cm³/mol. The summed E-state index contributed by atoms with van der Waals surface area (Å²) in [7, 11) is 0. The number of amidine groups is 1. The van der Waals surface area contributed by atoms with Gasteiger partial charge < -0.3 is 16.4 Å². The van der Waals surface area contributed by atoms with Crippen LogP contribution < -0.4 is 16.4 Å². The topological polar surface area (TPSA) is 108 Å². The van der Waals surface area contributed by atoms with E-state index in [0.717, 1.165) is 23.1 Å². The molecular formula is C35H38N4O2. The number of carbonyl (C=O) groups excluding carboxylic acids is 2. The van der Waals surface area contributed by atoms with Crippen molar-refractivity contribution >= 4 is 17.5 Å². The average Bonchev–Trinajstić information content (AvgIpc) is 3.01. The van der Waals surface area contributed by atoms with Crippen molar-refractivity contribution in [3.05, 3.63) is 131 Å². The second-order valence-electron chi connectivity index (χ2n) is 10.4.